The molecule has 2 N–H and O–H groups in total. The molecule has 7 heteroatoms. The van der Waals surface area contributed by atoms with E-state index in [9.17, 15) is 5.11 Å². The van der Waals surface area contributed by atoms with Crippen molar-refractivity contribution in [3.8, 4) is 0 Å². The van der Waals surface area contributed by atoms with Crippen molar-refractivity contribution in [2.24, 2.45) is 0 Å². The Balaban J connectivity index is 1.67. The zero-order valence-corrected chi connectivity index (χ0v) is 14.8. The normalized spacial score (nSPS) is 12.4. The highest BCUT2D eigenvalue weighted by Crippen LogP contribution is 2.27. The van der Waals surface area contributed by atoms with Gasteiger partial charge in [-0.25, -0.2) is 0 Å². The fraction of sp³-hybridized carbons (Fsp3) is 0.158. The minimum atomic E-state index is -0.955. The maximum atomic E-state index is 10.5. The van der Waals surface area contributed by atoms with Crippen LogP contribution in [0.1, 0.15) is 23.0 Å². The zero-order valence-electron chi connectivity index (χ0n) is 14.1. The second kappa shape index (κ2) is 6.82. The lowest BCUT2D eigenvalue weighted by molar-refractivity contribution is 0.206. The molecule has 0 bridgehead atoms. The fourth-order valence-corrected chi connectivity index (χ4v) is 3.01. The number of aliphatic hydroxyl groups is 1. The molecular weight excluding hydrogens is 352 g/mol. The van der Waals surface area contributed by atoms with E-state index in [2.05, 4.69) is 15.6 Å². The summed E-state index contributed by atoms with van der Waals surface area (Å²) in [6.45, 7) is 2.38. The number of para-hydroxylation sites is 1. The first-order chi connectivity index (χ1) is 12.6. The number of aryl methyl sites for hydroxylation is 1. The number of rotatable bonds is 5. The predicted octanol–water partition coefficient (Wildman–Crippen LogP) is 4.14. The first kappa shape index (κ1) is 16.6. The van der Waals surface area contributed by atoms with Crippen molar-refractivity contribution in [1.29, 1.82) is 0 Å². The van der Waals surface area contributed by atoms with Crippen molar-refractivity contribution in [3.05, 3.63) is 76.6 Å². The average molecular weight is 369 g/mol. The largest absolute Gasteiger partial charge is 0.369 e. The third-order valence-corrected chi connectivity index (χ3v) is 4.51. The van der Waals surface area contributed by atoms with E-state index in [0.717, 1.165) is 16.5 Å². The molecule has 6 nitrogen and oxygen atoms in total. The van der Waals surface area contributed by atoms with Crippen LogP contribution >= 0.6 is 11.6 Å². The topological polar surface area (TPSA) is 76.1 Å². The second-order valence-electron chi connectivity index (χ2n) is 6.05. The van der Waals surface area contributed by atoms with Gasteiger partial charge in [0.2, 0.25) is 0 Å². The third-order valence-electron chi connectivity index (χ3n) is 4.26. The van der Waals surface area contributed by atoms with Crippen LogP contribution in [0, 0.1) is 6.92 Å². The summed E-state index contributed by atoms with van der Waals surface area (Å²) in [7, 11) is 0. The van der Waals surface area contributed by atoms with Gasteiger partial charge in [-0.2, -0.15) is 5.10 Å². The summed E-state index contributed by atoms with van der Waals surface area (Å²) in [6, 6.07) is 15.5. The van der Waals surface area contributed by atoms with Gasteiger partial charge in [-0.3, -0.25) is 4.68 Å². The number of nitrogens with one attached hydrogen (secondary N) is 1. The van der Waals surface area contributed by atoms with Crippen LogP contribution in [0.5, 0.6) is 0 Å². The molecule has 1 atom stereocenters. The quantitative estimate of drug-likeness (QED) is 0.518. The van der Waals surface area contributed by atoms with E-state index >= 15 is 0 Å². The minimum Gasteiger partial charge on any atom is -0.369 e. The maximum Gasteiger partial charge on any atom is 0.158 e. The molecule has 0 saturated carbocycles. The van der Waals surface area contributed by atoms with Crippen molar-refractivity contribution < 1.29 is 9.63 Å². The Morgan fingerprint density at radius 1 is 1.19 bits per heavy atom. The van der Waals surface area contributed by atoms with E-state index in [1.165, 1.54) is 6.26 Å². The van der Waals surface area contributed by atoms with Crippen LogP contribution < -0.4 is 5.32 Å². The van der Waals surface area contributed by atoms with Gasteiger partial charge < -0.3 is 14.9 Å². The lowest BCUT2D eigenvalue weighted by Crippen LogP contribution is -2.11. The molecule has 2 aromatic carbocycles. The van der Waals surface area contributed by atoms with Crippen molar-refractivity contribution in [2.45, 2.75) is 19.7 Å². The predicted molar refractivity (Wildman–Crippen MR) is 100 cm³/mol. The number of fused-ring (bicyclic) bond motifs is 1. The molecule has 0 amide bonds. The molecule has 1 unspecified atom stereocenters. The van der Waals surface area contributed by atoms with Gasteiger partial charge in [-0.05, 0) is 36.8 Å². The van der Waals surface area contributed by atoms with E-state index in [0.29, 0.717) is 28.6 Å². The molecule has 2 heterocycles. The van der Waals surface area contributed by atoms with Crippen LogP contribution in [0.15, 0.2) is 59.3 Å². The first-order valence-electron chi connectivity index (χ1n) is 8.17. The van der Waals surface area contributed by atoms with Crippen LogP contribution in [-0.2, 0) is 6.54 Å². The zero-order chi connectivity index (χ0) is 18.1. The molecule has 0 aliphatic rings. The molecule has 0 radical (unpaired) electrons. The second-order valence-corrected chi connectivity index (χ2v) is 6.49. The lowest BCUT2D eigenvalue weighted by Gasteiger charge is -2.10. The van der Waals surface area contributed by atoms with Crippen molar-refractivity contribution in [2.75, 3.05) is 5.32 Å². The highest BCUT2D eigenvalue weighted by molar-refractivity contribution is 6.30. The fourth-order valence-electron chi connectivity index (χ4n) is 2.89. The SMILES string of the molecule is Cc1nocc1C(O)Nc1nn(Cc2ccc(Cl)cc2)c2ccccc12. The minimum absolute atomic E-state index is 0.585. The van der Waals surface area contributed by atoms with Gasteiger partial charge >= 0.3 is 0 Å². The molecule has 2 aromatic heterocycles. The first-order valence-corrected chi connectivity index (χ1v) is 8.55. The summed E-state index contributed by atoms with van der Waals surface area (Å²) >= 11 is 5.96. The van der Waals surface area contributed by atoms with E-state index < -0.39 is 6.23 Å². The molecule has 0 fully saturated rings. The van der Waals surface area contributed by atoms with Crippen molar-refractivity contribution in [3.63, 3.8) is 0 Å². The number of benzene rings is 2. The Hall–Kier alpha value is -2.83. The summed E-state index contributed by atoms with van der Waals surface area (Å²) < 4.78 is 6.80. The standard InChI is InChI=1S/C19H17ClN4O2/c1-12-16(11-26-23-12)19(25)21-18-15-4-2-3-5-17(15)24(22-18)10-13-6-8-14(20)9-7-13/h2-9,11,19,25H,10H2,1H3,(H,21,22). The molecule has 0 aliphatic heterocycles. The number of aromatic nitrogens is 3. The van der Waals surface area contributed by atoms with Crippen molar-refractivity contribution >= 4 is 28.3 Å². The highest BCUT2D eigenvalue weighted by Gasteiger charge is 2.17. The molecule has 4 aromatic rings. The molecule has 0 spiro atoms. The summed E-state index contributed by atoms with van der Waals surface area (Å²) in [6.07, 6.45) is 0.475. The number of aliphatic hydroxyl groups excluding tert-OH is 1. The van der Waals surface area contributed by atoms with Gasteiger partial charge in [-0.1, -0.05) is 41.0 Å². The Morgan fingerprint density at radius 2 is 1.96 bits per heavy atom. The van der Waals surface area contributed by atoms with Crippen molar-refractivity contribution in [1.82, 2.24) is 14.9 Å². The number of nitrogens with zero attached hydrogens (tertiary/aromatic N) is 3. The molecule has 0 saturated heterocycles. The Bertz CT molecular complexity index is 1040. The van der Waals surface area contributed by atoms with Crippen LogP contribution in [0.25, 0.3) is 10.9 Å². The summed E-state index contributed by atoms with van der Waals surface area (Å²) in [5.41, 5.74) is 3.28. The van der Waals surface area contributed by atoms with E-state index in [4.69, 9.17) is 16.1 Å². The molecular formula is C19H17ClN4O2. The van der Waals surface area contributed by atoms with Gasteiger partial charge in [0.1, 0.15) is 6.26 Å². The van der Waals surface area contributed by atoms with Gasteiger partial charge in [0.15, 0.2) is 12.0 Å². The van der Waals surface area contributed by atoms with Crippen LogP contribution in [0.2, 0.25) is 5.02 Å². The number of hydrogen-bond donors (Lipinski definition) is 2. The van der Waals surface area contributed by atoms with Gasteiger partial charge in [0, 0.05) is 10.4 Å². The molecule has 4 rings (SSSR count). The van der Waals surface area contributed by atoms with E-state index in [1.807, 2.05) is 53.2 Å². The maximum absolute atomic E-state index is 10.5. The number of hydrogen-bond acceptors (Lipinski definition) is 5. The van der Waals surface area contributed by atoms with Gasteiger partial charge in [0.25, 0.3) is 0 Å². The van der Waals surface area contributed by atoms with Crippen LogP contribution in [0.3, 0.4) is 0 Å². The lowest BCUT2D eigenvalue weighted by atomic mass is 10.2. The van der Waals surface area contributed by atoms with Gasteiger partial charge in [-0.15, -0.1) is 0 Å². The number of halogens is 1. The highest BCUT2D eigenvalue weighted by atomic mass is 35.5. The monoisotopic (exact) mass is 368 g/mol. The molecule has 132 valence electrons. The smallest absolute Gasteiger partial charge is 0.158 e. The summed E-state index contributed by atoms with van der Waals surface area (Å²) in [5, 5.41) is 23.6. The summed E-state index contributed by atoms with van der Waals surface area (Å²) in [4.78, 5) is 0. The Kier molecular flexibility index (Phi) is 4.36. The Labute approximate surface area is 155 Å². The average Bonchev–Trinajstić information content (AvgIpc) is 3.22. The van der Waals surface area contributed by atoms with Gasteiger partial charge in [0.05, 0.1) is 23.3 Å². The van der Waals surface area contributed by atoms with E-state index in [-0.39, 0.29) is 0 Å². The molecule has 26 heavy (non-hydrogen) atoms. The number of anilines is 1. The van der Waals surface area contributed by atoms with Crippen LogP contribution in [-0.4, -0.2) is 20.0 Å². The van der Waals surface area contributed by atoms with Crippen LogP contribution in [0.4, 0.5) is 5.82 Å². The summed E-state index contributed by atoms with van der Waals surface area (Å²) in [5.74, 6) is 0.600. The third kappa shape index (κ3) is 3.16. The Morgan fingerprint density at radius 3 is 2.69 bits per heavy atom. The van der Waals surface area contributed by atoms with E-state index in [1.54, 1.807) is 6.92 Å². The molecule has 0 aliphatic carbocycles.